The molecule has 29 heavy (non-hydrogen) atoms. The molecule has 1 aromatic carbocycles. The minimum Gasteiger partial charge on any atom is -0.377 e. The van der Waals surface area contributed by atoms with Crippen LogP contribution in [-0.2, 0) is 17.8 Å². The quantitative estimate of drug-likeness (QED) is 0.554. The molecule has 1 aliphatic heterocycles. The monoisotopic (exact) mass is 429 g/mol. The number of nitrogens with one attached hydrogen (secondary N) is 1. The van der Waals surface area contributed by atoms with E-state index in [1.807, 2.05) is 25.1 Å². The minimum absolute atomic E-state index is 0.197. The highest BCUT2D eigenvalue weighted by atomic mass is 32.2. The van der Waals surface area contributed by atoms with E-state index in [4.69, 9.17) is 4.74 Å². The average molecular weight is 430 g/mol. The highest BCUT2D eigenvalue weighted by molar-refractivity contribution is 7.99. The summed E-state index contributed by atoms with van der Waals surface area (Å²) >= 11 is 3.12. The van der Waals surface area contributed by atoms with Gasteiger partial charge in [-0.15, -0.1) is 21.5 Å². The van der Waals surface area contributed by atoms with Crippen LogP contribution in [0.3, 0.4) is 0 Å². The number of carbonyl (C=O) groups is 1. The maximum atomic E-state index is 12.4. The molecule has 9 heteroatoms. The van der Waals surface area contributed by atoms with Crippen molar-refractivity contribution in [2.24, 2.45) is 0 Å². The van der Waals surface area contributed by atoms with Gasteiger partial charge in [0.05, 0.1) is 24.2 Å². The van der Waals surface area contributed by atoms with E-state index in [1.54, 1.807) is 17.1 Å². The van der Waals surface area contributed by atoms with E-state index in [9.17, 15) is 4.79 Å². The largest absolute Gasteiger partial charge is 0.377 e. The number of hydrogen-bond acceptors (Lipinski definition) is 7. The lowest BCUT2D eigenvalue weighted by Crippen LogP contribution is -2.25. The molecule has 7 nitrogen and oxygen atoms in total. The molecular formula is C20H23N5O2S2. The van der Waals surface area contributed by atoms with E-state index < -0.39 is 0 Å². The molecule has 1 amide bonds. The second kappa shape index (κ2) is 9.51. The van der Waals surface area contributed by atoms with E-state index in [2.05, 4.69) is 37.2 Å². The predicted octanol–water partition coefficient (Wildman–Crippen LogP) is 3.29. The fourth-order valence-corrected chi connectivity index (χ4v) is 4.76. The Bertz CT molecular complexity index is 951. The van der Waals surface area contributed by atoms with Gasteiger partial charge in [-0.3, -0.25) is 4.79 Å². The van der Waals surface area contributed by atoms with E-state index in [0.29, 0.717) is 18.8 Å². The van der Waals surface area contributed by atoms with E-state index in [1.165, 1.54) is 11.3 Å². The smallest absolute Gasteiger partial charge is 0.271 e. The molecule has 0 spiro atoms. The third-order valence-corrected chi connectivity index (χ3v) is 6.53. The summed E-state index contributed by atoms with van der Waals surface area (Å²) in [6.45, 7) is 3.68. The number of thioether (sulfide) groups is 1. The van der Waals surface area contributed by atoms with Gasteiger partial charge in [0.1, 0.15) is 5.69 Å². The molecule has 1 aliphatic rings. The molecular weight excluding hydrogens is 406 g/mol. The minimum atomic E-state index is -0.197. The van der Waals surface area contributed by atoms with Crippen molar-refractivity contribution < 1.29 is 9.53 Å². The van der Waals surface area contributed by atoms with Gasteiger partial charge >= 0.3 is 0 Å². The number of ether oxygens (including phenoxy) is 1. The Morgan fingerprint density at radius 3 is 2.93 bits per heavy atom. The van der Waals surface area contributed by atoms with Gasteiger partial charge in [-0.2, -0.15) is 0 Å². The average Bonchev–Trinajstić information content (AvgIpc) is 3.48. The van der Waals surface area contributed by atoms with Crippen LogP contribution in [0.4, 0.5) is 0 Å². The van der Waals surface area contributed by atoms with Crippen LogP contribution in [-0.4, -0.2) is 44.1 Å². The van der Waals surface area contributed by atoms with Crippen LogP contribution in [0.15, 0.2) is 40.9 Å². The summed E-state index contributed by atoms with van der Waals surface area (Å²) in [5.41, 5.74) is 1.60. The van der Waals surface area contributed by atoms with Crippen LogP contribution < -0.4 is 5.32 Å². The molecule has 1 saturated heterocycles. The van der Waals surface area contributed by atoms with Gasteiger partial charge in [0, 0.05) is 17.7 Å². The molecule has 1 unspecified atom stereocenters. The zero-order valence-corrected chi connectivity index (χ0v) is 17.8. The standard InChI is InChI=1S/C20H23N5O2S2/c1-14-22-17(13-28-14)19(26)21-10-18-23-24-20(29-12-16-8-5-9-27-16)25(18)11-15-6-3-2-4-7-15/h2-4,6-7,13,16H,5,8-12H2,1H3,(H,21,26). The summed E-state index contributed by atoms with van der Waals surface area (Å²) in [6, 6.07) is 10.2. The van der Waals surface area contributed by atoms with E-state index >= 15 is 0 Å². The van der Waals surface area contributed by atoms with Crippen molar-refractivity contribution in [2.75, 3.05) is 12.4 Å². The Hall–Kier alpha value is -2.23. The van der Waals surface area contributed by atoms with Crippen LogP contribution in [0, 0.1) is 6.92 Å². The molecule has 0 bridgehead atoms. The number of hydrogen-bond donors (Lipinski definition) is 1. The van der Waals surface area contributed by atoms with Crippen molar-refractivity contribution in [1.82, 2.24) is 25.1 Å². The summed E-state index contributed by atoms with van der Waals surface area (Å²) in [7, 11) is 0. The van der Waals surface area contributed by atoms with Crippen molar-refractivity contribution >= 4 is 29.0 Å². The third kappa shape index (κ3) is 5.23. The van der Waals surface area contributed by atoms with Gasteiger partial charge in [0.15, 0.2) is 11.0 Å². The lowest BCUT2D eigenvalue weighted by Gasteiger charge is -2.12. The highest BCUT2D eigenvalue weighted by Gasteiger charge is 2.20. The number of aromatic nitrogens is 4. The maximum Gasteiger partial charge on any atom is 0.271 e. The summed E-state index contributed by atoms with van der Waals surface area (Å²) < 4.78 is 7.80. The van der Waals surface area contributed by atoms with Gasteiger partial charge in [-0.1, -0.05) is 42.1 Å². The number of thiazole rings is 1. The van der Waals surface area contributed by atoms with Crippen LogP contribution >= 0.6 is 23.1 Å². The molecule has 0 radical (unpaired) electrons. The molecule has 4 rings (SSSR count). The molecule has 1 atom stereocenters. The Labute approximate surface area is 177 Å². The number of nitrogens with zero attached hydrogens (tertiary/aromatic N) is 4. The summed E-state index contributed by atoms with van der Waals surface area (Å²) in [6.07, 6.45) is 2.49. The Kier molecular flexibility index (Phi) is 6.58. The zero-order valence-electron chi connectivity index (χ0n) is 16.2. The topological polar surface area (TPSA) is 81.9 Å². The summed E-state index contributed by atoms with van der Waals surface area (Å²) in [4.78, 5) is 16.6. The highest BCUT2D eigenvalue weighted by Crippen LogP contribution is 2.24. The fourth-order valence-electron chi connectivity index (χ4n) is 3.14. The summed E-state index contributed by atoms with van der Waals surface area (Å²) in [5, 5.41) is 15.1. The van der Waals surface area contributed by atoms with Crippen molar-refractivity contribution in [3.05, 3.63) is 57.8 Å². The maximum absolute atomic E-state index is 12.4. The number of benzene rings is 1. The van der Waals surface area contributed by atoms with Crippen molar-refractivity contribution in [3.8, 4) is 0 Å². The number of rotatable bonds is 8. The molecule has 3 aromatic rings. The molecule has 1 fully saturated rings. The number of aryl methyl sites for hydroxylation is 1. The lowest BCUT2D eigenvalue weighted by molar-refractivity contribution is 0.0945. The van der Waals surface area contributed by atoms with Crippen LogP contribution in [0.25, 0.3) is 0 Å². The van der Waals surface area contributed by atoms with Crippen LogP contribution in [0.1, 0.15) is 39.7 Å². The Morgan fingerprint density at radius 1 is 1.34 bits per heavy atom. The molecule has 0 saturated carbocycles. The summed E-state index contributed by atoms with van der Waals surface area (Å²) in [5.74, 6) is 1.39. The van der Waals surface area contributed by atoms with Gasteiger partial charge in [0.2, 0.25) is 0 Å². The first-order valence-corrected chi connectivity index (χ1v) is 11.5. The normalized spacial score (nSPS) is 16.2. The van der Waals surface area contributed by atoms with Gasteiger partial charge in [-0.05, 0) is 25.3 Å². The zero-order chi connectivity index (χ0) is 20.1. The Balaban J connectivity index is 1.48. The van der Waals surface area contributed by atoms with E-state index in [-0.39, 0.29) is 12.0 Å². The van der Waals surface area contributed by atoms with Crippen molar-refractivity contribution in [2.45, 2.75) is 44.1 Å². The number of amides is 1. The second-order valence-electron chi connectivity index (χ2n) is 6.85. The third-order valence-electron chi connectivity index (χ3n) is 4.66. The van der Waals surface area contributed by atoms with Gasteiger partial charge < -0.3 is 14.6 Å². The first-order valence-electron chi connectivity index (χ1n) is 9.60. The first-order chi connectivity index (χ1) is 14.2. The van der Waals surface area contributed by atoms with Crippen LogP contribution in [0.5, 0.6) is 0 Å². The van der Waals surface area contributed by atoms with Gasteiger partial charge in [-0.25, -0.2) is 4.98 Å². The molecule has 152 valence electrons. The SMILES string of the molecule is Cc1nc(C(=O)NCc2nnc(SCC3CCCO3)n2Cc2ccccc2)cs1. The van der Waals surface area contributed by atoms with Crippen LogP contribution in [0.2, 0.25) is 0 Å². The van der Waals surface area contributed by atoms with Crippen molar-refractivity contribution in [1.29, 1.82) is 0 Å². The predicted molar refractivity (Wildman–Crippen MR) is 113 cm³/mol. The Morgan fingerprint density at radius 2 is 2.21 bits per heavy atom. The second-order valence-corrected chi connectivity index (χ2v) is 8.90. The molecule has 0 aliphatic carbocycles. The van der Waals surface area contributed by atoms with Gasteiger partial charge in [0.25, 0.3) is 5.91 Å². The van der Waals surface area contributed by atoms with E-state index in [0.717, 1.165) is 46.8 Å². The van der Waals surface area contributed by atoms with Crippen molar-refractivity contribution in [3.63, 3.8) is 0 Å². The molecule has 3 heterocycles. The molecule has 1 N–H and O–H groups in total. The lowest BCUT2D eigenvalue weighted by atomic mass is 10.2. The molecule has 2 aromatic heterocycles. The fraction of sp³-hybridized carbons (Fsp3) is 0.400. The first kappa shape index (κ1) is 20.1. The number of carbonyl (C=O) groups excluding carboxylic acids is 1.